The molecule has 0 spiro atoms. The third-order valence-electron chi connectivity index (χ3n) is 4.47. The lowest BCUT2D eigenvalue weighted by molar-refractivity contribution is -0.145. The first-order valence-corrected chi connectivity index (χ1v) is 11.2. The minimum Gasteiger partial charge on any atom is -0.468 e. The van der Waals surface area contributed by atoms with Gasteiger partial charge in [0.25, 0.3) is 0 Å². The van der Waals surface area contributed by atoms with Crippen LogP contribution in [-0.2, 0) is 51.1 Å². The second-order valence-corrected chi connectivity index (χ2v) is 9.57. The third-order valence-corrected chi connectivity index (χ3v) is 6.13. The molecule has 31 heavy (non-hydrogen) atoms. The highest BCUT2D eigenvalue weighted by atomic mass is 31.2. The second kappa shape index (κ2) is 10.4. The highest BCUT2D eigenvalue weighted by Crippen LogP contribution is 2.53. The number of aryl methyl sites for hydroxylation is 1. The predicted octanol–water partition coefficient (Wildman–Crippen LogP) is 0.670. The summed E-state index contributed by atoms with van der Waals surface area (Å²) in [5, 5.41) is 5.04. The lowest BCUT2D eigenvalue weighted by Gasteiger charge is -2.40. The van der Waals surface area contributed by atoms with Gasteiger partial charge in [0.15, 0.2) is 6.10 Å². The fourth-order valence-corrected chi connectivity index (χ4v) is 4.66. The molecule has 13 heteroatoms. The molecule has 1 aromatic heterocycles. The number of rotatable bonds is 9. The molecule has 1 fully saturated rings. The van der Waals surface area contributed by atoms with E-state index in [-0.39, 0.29) is 26.2 Å². The Balaban J connectivity index is 1.85. The van der Waals surface area contributed by atoms with E-state index in [4.69, 9.17) is 13.8 Å². The first-order chi connectivity index (χ1) is 14.5. The molecule has 1 unspecified atom stereocenters. The first-order valence-electron chi connectivity index (χ1n) is 9.64. The van der Waals surface area contributed by atoms with E-state index in [9.17, 15) is 18.9 Å². The van der Waals surface area contributed by atoms with E-state index in [1.54, 1.807) is 38.0 Å². The Morgan fingerprint density at radius 1 is 1.42 bits per heavy atom. The zero-order valence-electron chi connectivity index (χ0n) is 18.2. The van der Waals surface area contributed by atoms with Gasteiger partial charge < -0.3 is 19.4 Å². The van der Waals surface area contributed by atoms with Crippen LogP contribution in [0.4, 0.5) is 0 Å². The summed E-state index contributed by atoms with van der Waals surface area (Å²) in [6.45, 7) is 4.86. The summed E-state index contributed by atoms with van der Waals surface area (Å²) in [6, 6.07) is -0.963. The molecule has 0 aromatic carbocycles. The van der Waals surface area contributed by atoms with Gasteiger partial charge in [-0.25, -0.2) is 14.6 Å². The highest BCUT2D eigenvalue weighted by molar-refractivity contribution is 7.51. The van der Waals surface area contributed by atoms with Crippen LogP contribution in [0.2, 0.25) is 0 Å². The van der Waals surface area contributed by atoms with Crippen molar-refractivity contribution in [2.75, 3.05) is 20.3 Å². The lowest BCUT2D eigenvalue weighted by atomic mass is 9.87. The van der Waals surface area contributed by atoms with Crippen molar-refractivity contribution in [1.29, 1.82) is 0 Å². The van der Waals surface area contributed by atoms with Crippen LogP contribution in [0.1, 0.15) is 32.9 Å². The van der Waals surface area contributed by atoms with Crippen molar-refractivity contribution in [2.24, 2.45) is 12.5 Å². The number of esters is 2. The summed E-state index contributed by atoms with van der Waals surface area (Å²) in [4.78, 5) is 40.1. The van der Waals surface area contributed by atoms with Gasteiger partial charge in [0.2, 0.25) is 5.91 Å². The number of carbonyl (C=O) groups is 3. The minimum atomic E-state index is -3.93. The Hall–Kier alpha value is -2.27. The normalized spacial score (nSPS) is 23.6. The molecule has 0 bridgehead atoms. The zero-order chi connectivity index (χ0) is 23.2. The van der Waals surface area contributed by atoms with Crippen molar-refractivity contribution < 1.29 is 37.5 Å². The second-order valence-electron chi connectivity index (χ2n) is 7.85. The van der Waals surface area contributed by atoms with E-state index in [0.717, 1.165) is 0 Å². The molecule has 12 nitrogen and oxygen atoms in total. The number of aromatic nitrogens is 2. The molecule has 0 aliphatic carbocycles. The topological polar surface area (TPSA) is 147 Å². The molecule has 1 amide bonds. The molecule has 0 radical (unpaired) electrons. The van der Waals surface area contributed by atoms with Crippen LogP contribution in [0.5, 0.6) is 0 Å². The number of nitrogens with zero attached hydrogens (tertiary/aromatic N) is 2. The van der Waals surface area contributed by atoms with Gasteiger partial charge in [-0.2, -0.15) is 0 Å². The SMILES string of the molecule is COC(=O)[C@H](C)NP1(=O)OCC(C)(C)[C@H](C(=O)NCCC(=O)OCc2cn(C)cn2)O1. The fraction of sp³-hybridized carbons (Fsp3) is 0.667. The van der Waals surface area contributed by atoms with Gasteiger partial charge in [0.1, 0.15) is 12.6 Å². The maximum atomic E-state index is 12.8. The fourth-order valence-electron chi connectivity index (χ4n) is 2.72. The minimum absolute atomic E-state index is 0.00692. The zero-order valence-corrected chi connectivity index (χ0v) is 19.1. The monoisotopic (exact) mass is 460 g/mol. The van der Waals surface area contributed by atoms with Crippen LogP contribution < -0.4 is 10.4 Å². The summed E-state index contributed by atoms with van der Waals surface area (Å²) in [5.74, 6) is -1.71. The number of hydrogen-bond acceptors (Lipinski definition) is 9. The van der Waals surface area contributed by atoms with Crippen LogP contribution in [-0.4, -0.2) is 59.8 Å². The van der Waals surface area contributed by atoms with Crippen LogP contribution >= 0.6 is 7.75 Å². The molecule has 2 rings (SSSR count). The highest BCUT2D eigenvalue weighted by Gasteiger charge is 2.48. The number of carbonyl (C=O) groups excluding carboxylic acids is 3. The van der Waals surface area contributed by atoms with Crippen molar-refractivity contribution in [1.82, 2.24) is 20.0 Å². The Bertz CT molecular complexity index is 855. The predicted molar refractivity (Wildman–Crippen MR) is 107 cm³/mol. The van der Waals surface area contributed by atoms with E-state index < -0.39 is 43.2 Å². The number of amides is 1. The molecule has 1 saturated heterocycles. The third kappa shape index (κ3) is 7.13. The Kier molecular flexibility index (Phi) is 8.35. The van der Waals surface area contributed by atoms with E-state index in [1.807, 2.05) is 0 Å². The Labute approximate surface area is 180 Å². The summed E-state index contributed by atoms with van der Waals surface area (Å²) in [6.07, 6.45) is 2.14. The number of ether oxygens (including phenoxy) is 2. The summed E-state index contributed by atoms with van der Waals surface area (Å²) >= 11 is 0. The van der Waals surface area contributed by atoms with Crippen LogP contribution in [0, 0.1) is 5.41 Å². The van der Waals surface area contributed by atoms with Crippen molar-refractivity contribution in [2.45, 2.75) is 45.9 Å². The van der Waals surface area contributed by atoms with E-state index >= 15 is 0 Å². The summed E-state index contributed by atoms with van der Waals surface area (Å²) in [7, 11) is -0.935. The summed E-state index contributed by atoms with van der Waals surface area (Å²) < 4.78 is 35.0. The molecule has 174 valence electrons. The van der Waals surface area contributed by atoms with E-state index in [1.165, 1.54) is 14.0 Å². The van der Waals surface area contributed by atoms with Crippen molar-refractivity contribution in [3.63, 3.8) is 0 Å². The molecule has 2 heterocycles. The number of nitrogens with one attached hydrogen (secondary N) is 2. The van der Waals surface area contributed by atoms with Crippen LogP contribution in [0.15, 0.2) is 12.5 Å². The molecular formula is C18H29N4O8P. The molecule has 1 aromatic rings. The van der Waals surface area contributed by atoms with Crippen LogP contribution in [0.25, 0.3) is 0 Å². The molecule has 3 atom stereocenters. The number of hydrogen-bond donors (Lipinski definition) is 2. The molecule has 1 aliphatic rings. The average Bonchev–Trinajstić information content (AvgIpc) is 3.13. The Morgan fingerprint density at radius 2 is 2.13 bits per heavy atom. The van der Waals surface area contributed by atoms with Crippen molar-refractivity contribution in [3.05, 3.63) is 18.2 Å². The standard InChI is InChI=1S/C18H29N4O8P/c1-12(17(25)27-5)21-31(26)29-10-18(2,3)15(30-31)16(24)19-7-6-14(23)28-9-13-8-22(4)11-20-13/h8,11-12,15H,6-7,9-10H2,1-5H3,(H,19,24)(H,21,26)/t12-,15-,31?/m0/s1. The van der Waals surface area contributed by atoms with Gasteiger partial charge >= 0.3 is 19.7 Å². The van der Waals surface area contributed by atoms with Gasteiger partial charge in [0.05, 0.1) is 32.2 Å². The number of imidazole rings is 1. The lowest BCUT2D eigenvalue weighted by Crippen LogP contribution is -2.51. The molecular weight excluding hydrogens is 431 g/mol. The van der Waals surface area contributed by atoms with E-state index in [2.05, 4.69) is 20.1 Å². The van der Waals surface area contributed by atoms with Gasteiger partial charge in [-0.05, 0) is 6.92 Å². The van der Waals surface area contributed by atoms with Gasteiger partial charge in [-0.15, -0.1) is 0 Å². The number of methoxy groups -OCH3 is 1. The molecule has 2 N–H and O–H groups in total. The molecule has 0 saturated carbocycles. The summed E-state index contributed by atoms with van der Waals surface area (Å²) in [5.41, 5.74) is -0.185. The Morgan fingerprint density at radius 3 is 2.74 bits per heavy atom. The van der Waals surface area contributed by atoms with Crippen molar-refractivity contribution in [3.8, 4) is 0 Å². The maximum Gasteiger partial charge on any atom is 0.407 e. The first kappa shape index (κ1) is 25.0. The van der Waals surface area contributed by atoms with Gasteiger partial charge in [-0.3, -0.25) is 23.4 Å². The van der Waals surface area contributed by atoms with Crippen molar-refractivity contribution >= 4 is 25.6 Å². The van der Waals surface area contributed by atoms with E-state index in [0.29, 0.717) is 5.69 Å². The average molecular weight is 460 g/mol. The quantitative estimate of drug-likeness (QED) is 0.398. The van der Waals surface area contributed by atoms with Gasteiger partial charge in [-0.1, -0.05) is 13.8 Å². The maximum absolute atomic E-state index is 12.8. The van der Waals surface area contributed by atoms with Crippen LogP contribution in [0.3, 0.4) is 0 Å². The largest absolute Gasteiger partial charge is 0.468 e. The molecule has 1 aliphatic heterocycles. The smallest absolute Gasteiger partial charge is 0.407 e. The van der Waals surface area contributed by atoms with Gasteiger partial charge in [0, 0.05) is 25.2 Å².